The van der Waals surface area contributed by atoms with Gasteiger partial charge in [0.25, 0.3) is 0 Å². The van der Waals surface area contributed by atoms with Crippen molar-refractivity contribution >= 4 is 28.3 Å². The van der Waals surface area contributed by atoms with Crippen LogP contribution in [0.2, 0.25) is 0 Å². The topological polar surface area (TPSA) is 105 Å². The van der Waals surface area contributed by atoms with Crippen LogP contribution in [0.1, 0.15) is 20.8 Å². The number of fused-ring (bicyclic) bond motifs is 1. The van der Waals surface area contributed by atoms with Gasteiger partial charge in [0.15, 0.2) is 5.82 Å². The summed E-state index contributed by atoms with van der Waals surface area (Å²) in [6.45, 7) is 5.66. The molecular weight excluding hydrogens is 392 g/mol. The number of carbonyl (C=O) groups is 1. The molecule has 1 amide bonds. The minimum Gasteiger partial charge on any atom is -0.491 e. The fourth-order valence-corrected chi connectivity index (χ4v) is 3.26. The number of carbonyl (C=O) groups excluding carboxylic acids is 1. The van der Waals surface area contributed by atoms with E-state index in [1.165, 1.54) is 6.92 Å². The van der Waals surface area contributed by atoms with Crippen LogP contribution in [0.5, 0.6) is 5.75 Å². The van der Waals surface area contributed by atoms with Crippen molar-refractivity contribution in [3.8, 4) is 17.1 Å². The first kappa shape index (κ1) is 20.3. The number of anilines is 2. The van der Waals surface area contributed by atoms with Gasteiger partial charge in [0.1, 0.15) is 18.2 Å². The summed E-state index contributed by atoms with van der Waals surface area (Å²) in [6, 6.07) is 15.5. The standard InChI is InChI=1S/C23H24N6O2/c1-15(30)29-23(2,3)14-31-18-8-6-7-16(11-18)21-27-20-10-5-4-9-19(20)22(28-21)26-17-12-24-25-13-17/h4-13H,14H2,1-3H3,(H,24,25)(H,29,30)(H,26,27,28). The number of benzene rings is 2. The number of ether oxygens (including phenoxy) is 1. The molecule has 0 aliphatic heterocycles. The zero-order chi connectivity index (χ0) is 21.8. The van der Waals surface area contributed by atoms with Crippen LogP contribution in [-0.2, 0) is 4.79 Å². The van der Waals surface area contributed by atoms with Gasteiger partial charge in [-0.15, -0.1) is 0 Å². The fourth-order valence-electron chi connectivity index (χ4n) is 3.26. The molecular formula is C23H24N6O2. The van der Waals surface area contributed by atoms with Crippen LogP contribution in [0.4, 0.5) is 11.5 Å². The first-order valence-electron chi connectivity index (χ1n) is 9.94. The van der Waals surface area contributed by atoms with Crippen LogP contribution in [0, 0.1) is 0 Å². The number of hydrogen-bond acceptors (Lipinski definition) is 6. The molecule has 0 saturated carbocycles. The third kappa shape index (κ3) is 4.98. The molecule has 158 valence electrons. The van der Waals surface area contributed by atoms with Crippen molar-refractivity contribution in [2.75, 3.05) is 11.9 Å². The maximum absolute atomic E-state index is 11.4. The number of rotatable bonds is 7. The van der Waals surface area contributed by atoms with Crippen LogP contribution in [-0.4, -0.2) is 38.2 Å². The average Bonchev–Trinajstić information content (AvgIpc) is 3.25. The molecule has 0 bridgehead atoms. The summed E-state index contributed by atoms with van der Waals surface area (Å²) in [6.07, 6.45) is 3.46. The first-order chi connectivity index (χ1) is 14.9. The lowest BCUT2D eigenvalue weighted by Crippen LogP contribution is -2.46. The summed E-state index contributed by atoms with van der Waals surface area (Å²) in [5, 5.41) is 13.9. The second-order valence-electron chi connectivity index (χ2n) is 7.91. The van der Waals surface area contributed by atoms with Crippen molar-refractivity contribution in [3.05, 3.63) is 60.9 Å². The van der Waals surface area contributed by atoms with Gasteiger partial charge in [0.2, 0.25) is 5.91 Å². The number of amides is 1. The van der Waals surface area contributed by atoms with Gasteiger partial charge in [-0.3, -0.25) is 9.89 Å². The van der Waals surface area contributed by atoms with Gasteiger partial charge in [-0.05, 0) is 38.1 Å². The van der Waals surface area contributed by atoms with Gasteiger partial charge < -0.3 is 15.4 Å². The van der Waals surface area contributed by atoms with E-state index in [0.717, 1.165) is 22.2 Å². The Balaban J connectivity index is 1.64. The number of para-hydroxylation sites is 1. The Kier molecular flexibility index (Phi) is 5.53. The van der Waals surface area contributed by atoms with Crippen molar-refractivity contribution in [1.82, 2.24) is 25.5 Å². The number of aromatic amines is 1. The Morgan fingerprint density at radius 2 is 1.97 bits per heavy atom. The molecule has 2 aromatic carbocycles. The number of nitrogens with one attached hydrogen (secondary N) is 3. The summed E-state index contributed by atoms with van der Waals surface area (Å²) in [5.74, 6) is 1.86. The number of H-pyrrole nitrogens is 1. The molecule has 0 spiro atoms. The maximum Gasteiger partial charge on any atom is 0.217 e. The molecule has 0 aliphatic rings. The summed E-state index contributed by atoms with van der Waals surface area (Å²) in [5.41, 5.74) is 1.99. The molecule has 0 fully saturated rings. The normalized spacial score (nSPS) is 11.3. The largest absolute Gasteiger partial charge is 0.491 e. The number of nitrogens with zero attached hydrogens (tertiary/aromatic N) is 3. The van der Waals surface area contributed by atoms with E-state index in [-0.39, 0.29) is 5.91 Å². The zero-order valence-corrected chi connectivity index (χ0v) is 17.6. The molecule has 0 atom stereocenters. The Morgan fingerprint density at radius 3 is 2.74 bits per heavy atom. The predicted molar refractivity (Wildman–Crippen MR) is 120 cm³/mol. The van der Waals surface area contributed by atoms with E-state index in [9.17, 15) is 4.79 Å². The molecule has 4 aromatic rings. The van der Waals surface area contributed by atoms with E-state index in [0.29, 0.717) is 24.0 Å². The van der Waals surface area contributed by atoms with Crippen LogP contribution in [0.15, 0.2) is 60.9 Å². The third-order valence-corrected chi connectivity index (χ3v) is 4.57. The van der Waals surface area contributed by atoms with Gasteiger partial charge in [0, 0.05) is 24.1 Å². The summed E-state index contributed by atoms with van der Waals surface area (Å²) in [7, 11) is 0. The van der Waals surface area contributed by atoms with Crippen molar-refractivity contribution < 1.29 is 9.53 Å². The zero-order valence-electron chi connectivity index (χ0n) is 17.6. The van der Waals surface area contributed by atoms with E-state index < -0.39 is 5.54 Å². The highest BCUT2D eigenvalue weighted by Gasteiger charge is 2.20. The highest BCUT2D eigenvalue weighted by Crippen LogP contribution is 2.28. The minimum absolute atomic E-state index is 0.0930. The van der Waals surface area contributed by atoms with Crippen molar-refractivity contribution in [1.29, 1.82) is 0 Å². The van der Waals surface area contributed by atoms with Crippen LogP contribution >= 0.6 is 0 Å². The lowest BCUT2D eigenvalue weighted by Gasteiger charge is -2.25. The second kappa shape index (κ2) is 8.43. The van der Waals surface area contributed by atoms with Gasteiger partial charge in [-0.1, -0.05) is 24.3 Å². The van der Waals surface area contributed by atoms with E-state index in [4.69, 9.17) is 14.7 Å². The SMILES string of the molecule is CC(=O)NC(C)(C)COc1cccc(-c2nc(Nc3cn[nH]c3)c3ccccc3n2)c1. The summed E-state index contributed by atoms with van der Waals surface area (Å²) < 4.78 is 5.94. The van der Waals surface area contributed by atoms with Gasteiger partial charge >= 0.3 is 0 Å². The molecule has 31 heavy (non-hydrogen) atoms. The van der Waals surface area contributed by atoms with Crippen LogP contribution in [0.3, 0.4) is 0 Å². The van der Waals surface area contributed by atoms with E-state index in [1.54, 1.807) is 12.4 Å². The molecule has 8 nitrogen and oxygen atoms in total. The van der Waals surface area contributed by atoms with Crippen molar-refractivity contribution in [2.45, 2.75) is 26.3 Å². The summed E-state index contributed by atoms with van der Waals surface area (Å²) in [4.78, 5) is 20.9. The molecule has 3 N–H and O–H groups in total. The quantitative estimate of drug-likeness (QED) is 0.420. The third-order valence-electron chi connectivity index (χ3n) is 4.57. The lowest BCUT2D eigenvalue weighted by atomic mass is 10.1. The molecule has 0 radical (unpaired) electrons. The first-order valence-corrected chi connectivity index (χ1v) is 9.94. The van der Waals surface area contributed by atoms with Crippen molar-refractivity contribution in [3.63, 3.8) is 0 Å². The molecule has 0 saturated heterocycles. The van der Waals surface area contributed by atoms with Gasteiger partial charge in [0.05, 0.1) is 22.9 Å². The predicted octanol–water partition coefficient (Wildman–Crippen LogP) is 4.06. The number of aromatic nitrogens is 4. The Labute approximate surface area is 180 Å². The summed E-state index contributed by atoms with van der Waals surface area (Å²) >= 11 is 0. The fraction of sp³-hybridized carbons (Fsp3) is 0.217. The lowest BCUT2D eigenvalue weighted by molar-refractivity contribution is -0.120. The number of hydrogen-bond donors (Lipinski definition) is 3. The molecule has 2 heterocycles. The molecule has 2 aromatic heterocycles. The highest BCUT2D eigenvalue weighted by atomic mass is 16.5. The highest BCUT2D eigenvalue weighted by molar-refractivity contribution is 5.92. The van der Waals surface area contributed by atoms with Crippen LogP contribution < -0.4 is 15.4 Å². The smallest absolute Gasteiger partial charge is 0.217 e. The van der Waals surface area contributed by atoms with Crippen LogP contribution in [0.25, 0.3) is 22.3 Å². The Hall–Kier alpha value is -3.94. The maximum atomic E-state index is 11.4. The molecule has 4 rings (SSSR count). The van der Waals surface area contributed by atoms with E-state index in [1.807, 2.05) is 62.4 Å². The Bertz CT molecular complexity index is 1200. The van der Waals surface area contributed by atoms with Gasteiger partial charge in [-0.2, -0.15) is 5.10 Å². The Morgan fingerprint density at radius 1 is 1.13 bits per heavy atom. The van der Waals surface area contributed by atoms with Gasteiger partial charge in [-0.25, -0.2) is 9.97 Å². The van der Waals surface area contributed by atoms with E-state index >= 15 is 0 Å². The van der Waals surface area contributed by atoms with E-state index in [2.05, 4.69) is 20.8 Å². The second-order valence-corrected chi connectivity index (χ2v) is 7.91. The monoisotopic (exact) mass is 416 g/mol. The average molecular weight is 416 g/mol. The molecule has 0 aliphatic carbocycles. The minimum atomic E-state index is -0.483. The molecule has 0 unspecified atom stereocenters. The van der Waals surface area contributed by atoms with Crippen molar-refractivity contribution in [2.24, 2.45) is 0 Å². The molecule has 8 heteroatoms.